The first kappa shape index (κ1) is 20.6. The Morgan fingerprint density at radius 2 is 2.03 bits per heavy atom. The number of carbonyl (C=O) groups is 1. The number of nitrogens with zero attached hydrogens (tertiary/aromatic N) is 3. The normalized spacial score (nSPS) is 11.7. The largest absolute Gasteiger partial charge is 0.462 e. The van der Waals surface area contributed by atoms with Gasteiger partial charge >= 0.3 is 6.01 Å². The van der Waals surface area contributed by atoms with E-state index in [0.29, 0.717) is 36.2 Å². The van der Waals surface area contributed by atoms with E-state index in [2.05, 4.69) is 29.2 Å². The second kappa shape index (κ2) is 8.51. The van der Waals surface area contributed by atoms with Crippen LogP contribution >= 0.6 is 0 Å². The molecule has 1 aromatic carbocycles. The maximum absolute atomic E-state index is 12.3. The van der Waals surface area contributed by atoms with Crippen molar-refractivity contribution in [3.63, 3.8) is 0 Å². The predicted molar refractivity (Wildman–Crippen MR) is 112 cm³/mol. The Bertz CT molecular complexity index is 953. The molecule has 29 heavy (non-hydrogen) atoms. The van der Waals surface area contributed by atoms with Gasteiger partial charge in [-0.1, -0.05) is 40.7 Å². The average Bonchev–Trinajstić information content (AvgIpc) is 3.28. The van der Waals surface area contributed by atoms with Crippen molar-refractivity contribution in [2.45, 2.75) is 41.0 Å². The number of hydrogen-bond donors (Lipinski definition) is 1. The zero-order valence-corrected chi connectivity index (χ0v) is 17.6. The number of aromatic nitrogens is 3. The summed E-state index contributed by atoms with van der Waals surface area (Å²) < 4.78 is 12.9. The molecule has 3 aromatic rings. The van der Waals surface area contributed by atoms with E-state index in [9.17, 15) is 4.79 Å². The van der Waals surface area contributed by atoms with Crippen LogP contribution in [0, 0.1) is 11.3 Å². The van der Waals surface area contributed by atoms with E-state index >= 15 is 0 Å². The molecule has 2 heterocycles. The summed E-state index contributed by atoms with van der Waals surface area (Å²) in [6, 6.07) is 11.4. The third kappa shape index (κ3) is 5.70. The minimum Gasteiger partial charge on any atom is -0.462 e. The molecule has 0 fully saturated rings. The van der Waals surface area contributed by atoms with E-state index < -0.39 is 0 Å². The lowest BCUT2D eigenvalue weighted by molar-refractivity contribution is -0.117. The standard InChI is InChI=1S/C22H28N4O3/c1-15(2)14-29-21-24-20(18-10-7-11-28-18)26(25-21)17-9-6-8-16(12-17)23-19(27)13-22(3,4)5/h6-12,15H,13-14H2,1-5H3,(H,23,27). The highest BCUT2D eigenvalue weighted by Gasteiger charge is 2.19. The lowest BCUT2D eigenvalue weighted by Gasteiger charge is -2.17. The molecule has 0 atom stereocenters. The molecule has 7 heteroatoms. The van der Waals surface area contributed by atoms with Crippen molar-refractivity contribution in [1.29, 1.82) is 0 Å². The molecule has 0 aliphatic rings. The van der Waals surface area contributed by atoms with E-state index in [4.69, 9.17) is 9.15 Å². The summed E-state index contributed by atoms with van der Waals surface area (Å²) in [7, 11) is 0. The molecular weight excluding hydrogens is 368 g/mol. The first-order chi connectivity index (χ1) is 13.7. The van der Waals surface area contributed by atoms with Gasteiger partial charge in [0.1, 0.15) is 0 Å². The van der Waals surface area contributed by atoms with E-state index in [1.54, 1.807) is 17.0 Å². The summed E-state index contributed by atoms with van der Waals surface area (Å²) >= 11 is 0. The van der Waals surface area contributed by atoms with Crippen LogP contribution in [0.3, 0.4) is 0 Å². The summed E-state index contributed by atoms with van der Waals surface area (Å²) in [5.41, 5.74) is 1.36. The molecular formula is C22H28N4O3. The van der Waals surface area contributed by atoms with Crippen molar-refractivity contribution >= 4 is 11.6 Å². The van der Waals surface area contributed by atoms with Crippen LogP contribution in [0.15, 0.2) is 47.1 Å². The number of nitrogens with one attached hydrogen (secondary N) is 1. The van der Waals surface area contributed by atoms with Crippen LogP contribution in [0.1, 0.15) is 41.0 Å². The van der Waals surface area contributed by atoms with Gasteiger partial charge in [-0.25, -0.2) is 4.68 Å². The van der Waals surface area contributed by atoms with Crippen LogP contribution in [0.25, 0.3) is 17.3 Å². The molecule has 0 bridgehead atoms. The maximum Gasteiger partial charge on any atom is 0.336 e. The number of carbonyl (C=O) groups excluding carboxylic acids is 1. The average molecular weight is 396 g/mol. The SMILES string of the molecule is CC(C)COc1nc(-c2ccco2)n(-c2cccc(NC(=O)CC(C)(C)C)c2)n1. The van der Waals surface area contributed by atoms with Crippen molar-refractivity contribution in [2.75, 3.05) is 11.9 Å². The number of furan rings is 1. The van der Waals surface area contributed by atoms with Crippen molar-refractivity contribution in [1.82, 2.24) is 14.8 Å². The van der Waals surface area contributed by atoms with E-state index in [1.807, 2.05) is 51.1 Å². The van der Waals surface area contributed by atoms with Crippen molar-refractivity contribution in [3.8, 4) is 23.3 Å². The molecule has 7 nitrogen and oxygen atoms in total. The highest BCUT2D eigenvalue weighted by atomic mass is 16.5. The third-order valence-corrected chi connectivity index (χ3v) is 3.94. The molecule has 0 unspecified atom stereocenters. The Morgan fingerprint density at radius 3 is 2.69 bits per heavy atom. The fourth-order valence-corrected chi connectivity index (χ4v) is 2.74. The smallest absolute Gasteiger partial charge is 0.336 e. The molecule has 0 spiro atoms. The molecule has 154 valence electrons. The topological polar surface area (TPSA) is 82.2 Å². The van der Waals surface area contributed by atoms with Crippen molar-refractivity contribution < 1.29 is 13.9 Å². The number of benzene rings is 1. The second-order valence-electron chi connectivity index (χ2n) is 8.65. The predicted octanol–water partition coefficient (Wildman–Crippen LogP) is 4.94. The Morgan fingerprint density at radius 1 is 1.24 bits per heavy atom. The number of hydrogen-bond acceptors (Lipinski definition) is 5. The zero-order chi connectivity index (χ0) is 21.0. The van der Waals surface area contributed by atoms with Gasteiger partial charge in [0, 0.05) is 12.1 Å². The maximum atomic E-state index is 12.3. The number of ether oxygens (including phenoxy) is 1. The van der Waals surface area contributed by atoms with E-state index in [1.165, 1.54) is 0 Å². The van der Waals surface area contributed by atoms with Crippen molar-refractivity contribution in [2.24, 2.45) is 11.3 Å². The number of amides is 1. The van der Waals surface area contributed by atoms with Gasteiger partial charge < -0.3 is 14.5 Å². The third-order valence-electron chi connectivity index (χ3n) is 3.94. The van der Waals surface area contributed by atoms with Gasteiger partial charge in [-0.2, -0.15) is 4.98 Å². The second-order valence-corrected chi connectivity index (χ2v) is 8.65. The fraction of sp³-hybridized carbons (Fsp3) is 0.409. The van der Waals surface area contributed by atoms with Crippen LogP contribution < -0.4 is 10.1 Å². The van der Waals surface area contributed by atoms with Gasteiger partial charge in [-0.15, -0.1) is 5.10 Å². The summed E-state index contributed by atoms with van der Waals surface area (Å²) in [6.45, 7) is 10.7. The molecule has 1 N–H and O–H groups in total. The molecule has 0 saturated carbocycles. The summed E-state index contributed by atoms with van der Waals surface area (Å²) in [4.78, 5) is 16.8. The summed E-state index contributed by atoms with van der Waals surface area (Å²) in [5.74, 6) is 1.45. The van der Waals surface area contributed by atoms with Gasteiger partial charge in [0.25, 0.3) is 0 Å². The minimum absolute atomic E-state index is 0.0274. The first-order valence-corrected chi connectivity index (χ1v) is 9.75. The molecule has 0 saturated heterocycles. The van der Waals surface area contributed by atoms with Gasteiger partial charge in [-0.3, -0.25) is 4.79 Å². The highest BCUT2D eigenvalue weighted by molar-refractivity contribution is 5.91. The Labute approximate surface area is 171 Å². The van der Waals surface area contributed by atoms with E-state index in [-0.39, 0.29) is 17.3 Å². The summed E-state index contributed by atoms with van der Waals surface area (Å²) in [5, 5.41) is 7.45. The van der Waals surface area contributed by atoms with Gasteiger partial charge in [0.15, 0.2) is 5.76 Å². The first-order valence-electron chi connectivity index (χ1n) is 9.75. The Kier molecular flexibility index (Phi) is 6.06. The van der Waals surface area contributed by atoms with Gasteiger partial charge in [-0.05, 0) is 41.7 Å². The highest BCUT2D eigenvalue weighted by Crippen LogP contribution is 2.26. The fourth-order valence-electron chi connectivity index (χ4n) is 2.74. The van der Waals surface area contributed by atoms with Crippen LogP contribution in [-0.4, -0.2) is 27.3 Å². The van der Waals surface area contributed by atoms with Gasteiger partial charge in [0.05, 0.1) is 18.6 Å². The zero-order valence-electron chi connectivity index (χ0n) is 17.6. The lowest BCUT2D eigenvalue weighted by atomic mass is 9.92. The lowest BCUT2D eigenvalue weighted by Crippen LogP contribution is -2.19. The van der Waals surface area contributed by atoms with Crippen molar-refractivity contribution in [3.05, 3.63) is 42.7 Å². The molecule has 3 rings (SSSR count). The van der Waals surface area contributed by atoms with E-state index in [0.717, 1.165) is 5.69 Å². The Balaban J connectivity index is 1.90. The number of rotatable bonds is 7. The van der Waals surface area contributed by atoms with Gasteiger partial charge in [0.2, 0.25) is 11.7 Å². The molecule has 1 amide bonds. The van der Waals surface area contributed by atoms with Crippen LogP contribution in [-0.2, 0) is 4.79 Å². The molecule has 0 radical (unpaired) electrons. The molecule has 0 aliphatic carbocycles. The Hall–Kier alpha value is -3.09. The number of anilines is 1. The molecule has 2 aromatic heterocycles. The minimum atomic E-state index is -0.0806. The van der Waals surface area contributed by atoms with Crippen LogP contribution in [0.2, 0.25) is 0 Å². The van der Waals surface area contributed by atoms with Crippen LogP contribution in [0.4, 0.5) is 5.69 Å². The monoisotopic (exact) mass is 396 g/mol. The molecule has 0 aliphatic heterocycles. The quantitative estimate of drug-likeness (QED) is 0.612. The van der Waals surface area contributed by atoms with Crippen LogP contribution in [0.5, 0.6) is 6.01 Å². The summed E-state index contributed by atoms with van der Waals surface area (Å²) in [6.07, 6.45) is 2.03.